The second kappa shape index (κ2) is 5.30. The zero-order valence-electron chi connectivity index (χ0n) is 9.67. The summed E-state index contributed by atoms with van der Waals surface area (Å²) in [5, 5.41) is 0. The summed E-state index contributed by atoms with van der Waals surface area (Å²) in [4.78, 5) is 17.7. The Labute approximate surface area is 100 Å². The van der Waals surface area contributed by atoms with Gasteiger partial charge in [0.25, 0.3) is 0 Å². The second-order valence-corrected chi connectivity index (χ2v) is 3.75. The van der Waals surface area contributed by atoms with Gasteiger partial charge >= 0.3 is 5.97 Å². The molecule has 0 aliphatic carbocycles. The van der Waals surface area contributed by atoms with Crippen LogP contribution in [-0.2, 0) is 16.1 Å². The highest BCUT2D eigenvalue weighted by Crippen LogP contribution is 2.11. The molecule has 0 unspecified atom stereocenters. The predicted molar refractivity (Wildman–Crippen MR) is 63.9 cm³/mol. The summed E-state index contributed by atoms with van der Waals surface area (Å²) in [5.74, 6) is -0.277. The van der Waals surface area contributed by atoms with Gasteiger partial charge in [0, 0.05) is 12.7 Å². The molecule has 0 spiro atoms. The molecule has 1 aromatic rings. The Hall–Kier alpha value is -2.10. The summed E-state index contributed by atoms with van der Waals surface area (Å²) in [5.41, 5.74) is 1.63. The Bertz CT molecular complexity index is 452. The van der Waals surface area contributed by atoms with Crippen LogP contribution < -0.4 is 0 Å². The van der Waals surface area contributed by atoms with Gasteiger partial charge in [-0.1, -0.05) is 6.07 Å². The maximum absolute atomic E-state index is 11.4. The second-order valence-electron chi connectivity index (χ2n) is 3.75. The number of methoxy groups -OCH3 is 1. The van der Waals surface area contributed by atoms with E-state index in [1.165, 1.54) is 7.11 Å². The van der Waals surface area contributed by atoms with Crippen molar-refractivity contribution in [1.29, 1.82) is 0 Å². The fourth-order valence-corrected chi connectivity index (χ4v) is 1.68. The molecule has 1 aliphatic rings. The molecule has 0 saturated heterocycles. The highest BCUT2D eigenvalue weighted by Gasteiger charge is 2.15. The van der Waals surface area contributed by atoms with Gasteiger partial charge in [-0.2, -0.15) is 0 Å². The minimum Gasteiger partial charge on any atom is -0.466 e. The van der Waals surface area contributed by atoms with Crippen molar-refractivity contribution in [2.75, 3.05) is 13.7 Å². The molecule has 0 saturated carbocycles. The molecular formula is C13H14N2O2. The van der Waals surface area contributed by atoms with Crippen LogP contribution in [0, 0.1) is 0 Å². The predicted octanol–water partition coefficient (Wildman–Crippen LogP) is 1.51. The van der Waals surface area contributed by atoms with Gasteiger partial charge in [0.1, 0.15) is 0 Å². The molecule has 0 aromatic carbocycles. The van der Waals surface area contributed by atoms with Gasteiger partial charge in [0.2, 0.25) is 0 Å². The number of nitrogens with zero attached hydrogens (tertiary/aromatic N) is 2. The Kier molecular flexibility index (Phi) is 3.55. The number of carbonyl (C=O) groups excluding carboxylic acids is 1. The molecule has 4 nitrogen and oxygen atoms in total. The molecule has 0 fully saturated rings. The molecule has 0 N–H and O–H groups in total. The lowest BCUT2D eigenvalue weighted by atomic mass is 10.2. The third kappa shape index (κ3) is 2.93. The van der Waals surface area contributed by atoms with E-state index < -0.39 is 0 Å². The fraction of sp³-hybridized carbons (Fsp3) is 0.231. The smallest absolute Gasteiger partial charge is 0.335 e. The molecule has 1 aromatic heterocycles. The van der Waals surface area contributed by atoms with Crippen LogP contribution in [0.25, 0.3) is 0 Å². The molecule has 2 heterocycles. The summed E-state index contributed by atoms with van der Waals surface area (Å²) in [6, 6.07) is 5.80. The van der Waals surface area contributed by atoms with Crippen molar-refractivity contribution in [2.24, 2.45) is 0 Å². The largest absolute Gasteiger partial charge is 0.466 e. The van der Waals surface area contributed by atoms with Crippen LogP contribution in [0.3, 0.4) is 0 Å². The lowest BCUT2D eigenvalue weighted by Crippen LogP contribution is -2.25. The Balaban J connectivity index is 2.00. The average molecular weight is 230 g/mol. The van der Waals surface area contributed by atoms with Crippen LogP contribution in [0.1, 0.15) is 5.69 Å². The highest BCUT2D eigenvalue weighted by atomic mass is 16.5. The van der Waals surface area contributed by atoms with Crippen LogP contribution in [0.5, 0.6) is 0 Å². The lowest BCUT2D eigenvalue weighted by molar-refractivity contribution is -0.136. The summed E-state index contributed by atoms with van der Waals surface area (Å²) in [6.07, 6.45) is 7.33. The van der Waals surface area contributed by atoms with Crippen molar-refractivity contribution in [3.05, 3.63) is 54.0 Å². The van der Waals surface area contributed by atoms with Gasteiger partial charge in [-0.05, 0) is 30.5 Å². The number of esters is 1. The molecule has 0 radical (unpaired) electrons. The minimum absolute atomic E-state index is 0.277. The van der Waals surface area contributed by atoms with Crippen molar-refractivity contribution in [3.8, 4) is 0 Å². The zero-order chi connectivity index (χ0) is 12.1. The van der Waals surface area contributed by atoms with Crippen molar-refractivity contribution < 1.29 is 9.53 Å². The normalized spacial score (nSPS) is 14.4. The molecule has 2 rings (SSSR count). The van der Waals surface area contributed by atoms with Crippen molar-refractivity contribution in [1.82, 2.24) is 9.88 Å². The van der Waals surface area contributed by atoms with Gasteiger partial charge in [-0.3, -0.25) is 4.98 Å². The maximum Gasteiger partial charge on any atom is 0.335 e. The fourth-order valence-electron chi connectivity index (χ4n) is 1.68. The van der Waals surface area contributed by atoms with E-state index in [4.69, 9.17) is 4.74 Å². The third-order valence-electron chi connectivity index (χ3n) is 2.51. The summed E-state index contributed by atoms with van der Waals surface area (Å²) >= 11 is 0. The number of ether oxygens (including phenoxy) is 1. The number of carbonyl (C=O) groups is 1. The number of hydrogen-bond acceptors (Lipinski definition) is 4. The van der Waals surface area contributed by atoms with Crippen LogP contribution in [0.2, 0.25) is 0 Å². The molecule has 0 atom stereocenters. The number of aromatic nitrogens is 1. The van der Waals surface area contributed by atoms with Crippen LogP contribution in [0.15, 0.2) is 48.3 Å². The lowest BCUT2D eigenvalue weighted by Gasteiger charge is -2.23. The summed E-state index contributed by atoms with van der Waals surface area (Å²) < 4.78 is 4.70. The van der Waals surface area contributed by atoms with Crippen molar-refractivity contribution in [2.45, 2.75) is 6.54 Å². The summed E-state index contributed by atoms with van der Waals surface area (Å²) in [7, 11) is 1.39. The van der Waals surface area contributed by atoms with Gasteiger partial charge in [0.15, 0.2) is 0 Å². The molecule has 1 aliphatic heterocycles. The average Bonchev–Trinajstić information content (AvgIpc) is 2.39. The van der Waals surface area contributed by atoms with Gasteiger partial charge in [-0.25, -0.2) is 4.79 Å². The highest BCUT2D eigenvalue weighted by molar-refractivity contribution is 5.89. The van der Waals surface area contributed by atoms with Gasteiger partial charge in [-0.15, -0.1) is 0 Å². The van der Waals surface area contributed by atoms with Crippen LogP contribution in [-0.4, -0.2) is 29.5 Å². The van der Waals surface area contributed by atoms with Crippen LogP contribution in [0.4, 0.5) is 0 Å². The molecule has 4 heteroatoms. The number of pyridine rings is 1. The maximum atomic E-state index is 11.4. The van der Waals surface area contributed by atoms with Crippen molar-refractivity contribution >= 4 is 5.97 Å². The van der Waals surface area contributed by atoms with E-state index in [2.05, 4.69) is 4.98 Å². The molecule has 0 bridgehead atoms. The number of allylic oxidation sites excluding steroid dienone is 2. The van der Waals surface area contributed by atoms with E-state index >= 15 is 0 Å². The monoisotopic (exact) mass is 230 g/mol. The molecule has 0 amide bonds. The van der Waals surface area contributed by atoms with E-state index in [-0.39, 0.29) is 5.97 Å². The SMILES string of the molecule is COC(=O)C1=CC=CN(Cc2ccccn2)C1. The first kappa shape index (κ1) is 11.4. The molecule has 17 heavy (non-hydrogen) atoms. The van der Waals surface area contributed by atoms with E-state index in [9.17, 15) is 4.79 Å². The molecular weight excluding hydrogens is 216 g/mol. The van der Waals surface area contributed by atoms with Crippen LogP contribution >= 0.6 is 0 Å². The van der Waals surface area contributed by atoms with Crippen molar-refractivity contribution in [3.63, 3.8) is 0 Å². The standard InChI is InChI=1S/C13H14N2O2/c1-17-13(16)11-5-4-8-15(9-11)10-12-6-2-3-7-14-12/h2-8H,9-10H2,1H3. The third-order valence-corrected chi connectivity index (χ3v) is 2.51. The summed E-state index contributed by atoms with van der Waals surface area (Å²) in [6.45, 7) is 1.24. The first-order valence-corrected chi connectivity index (χ1v) is 5.39. The minimum atomic E-state index is -0.277. The Morgan fingerprint density at radius 3 is 3.12 bits per heavy atom. The van der Waals surface area contributed by atoms with E-state index in [0.717, 1.165) is 5.69 Å². The quantitative estimate of drug-likeness (QED) is 0.738. The van der Waals surface area contributed by atoms with E-state index in [1.807, 2.05) is 35.4 Å². The number of hydrogen-bond donors (Lipinski definition) is 0. The zero-order valence-corrected chi connectivity index (χ0v) is 9.67. The topological polar surface area (TPSA) is 42.4 Å². The number of rotatable bonds is 3. The Morgan fingerprint density at radius 1 is 1.53 bits per heavy atom. The first-order chi connectivity index (χ1) is 8.29. The van der Waals surface area contributed by atoms with Gasteiger partial charge < -0.3 is 9.64 Å². The van der Waals surface area contributed by atoms with Gasteiger partial charge in [0.05, 0.1) is 24.9 Å². The molecule has 88 valence electrons. The first-order valence-electron chi connectivity index (χ1n) is 5.39. The van der Waals surface area contributed by atoms with E-state index in [1.54, 1.807) is 12.3 Å². The Morgan fingerprint density at radius 2 is 2.41 bits per heavy atom. The van der Waals surface area contributed by atoms with E-state index in [0.29, 0.717) is 18.7 Å².